The Balaban J connectivity index is 1.45. The average molecular weight is 457 g/mol. The smallest absolute Gasteiger partial charge is 0.337 e. The van der Waals surface area contributed by atoms with Crippen LogP contribution in [0.15, 0.2) is 41.8 Å². The van der Waals surface area contributed by atoms with Crippen LogP contribution in [0.2, 0.25) is 5.02 Å². The van der Waals surface area contributed by atoms with E-state index in [0.29, 0.717) is 23.6 Å². The van der Waals surface area contributed by atoms with Gasteiger partial charge in [-0.15, -0.1) is 11.3 Å². The number of esters is 1. The van der Waals surface area contributed by atoms with E-state index in [1.165, 1.54) is 18.4 Å². The molecule has 0 spiro atoms. The number of nitrogens with zero attached hydrogens (tertiary/aromatic N) is 1. The van der Waals surface area contributed by atoms with Crippen LogP contribution in [0.4, 0.5) is 0 Å². The van der Waals surface area contributed by atoms with Gasteiger partial charge < -0.3 is 14.8 Å². The Morgan fingerprint density at radius 3 is 2.74 bits per heavy atom. The summed E-state index contributed by atoms with van der Waals surface area (Å²) in [5, 5.41) is 6.39. The van der Waals surface area contributed by atoms with Gasteiger partial charge in [0.2, 0.25) is 5.91 Å². The summed E-state index contributed by atoms with van der Waals surface area (Å²) in [7, 11) is 1.35. The van der Waals surface area contributed by atoms with Gasteiger partial charge in [-0.2, -0.15) is 0 Å². The fourth-order valence-corrected chi connectivity index (χ4v) is 4.42. The zero-order valence-electron chi connectivity index (χ0n) is 17.1. The summed E-state index contributed by atoms with van der Waals surface area (Å²) >= 11 is 7.88. The van der Waals surface area contributed by atoms with Gasteiger partial charge in [0.15, 0.2) is 0 Å². The van der Waals surface area contributed by atoms with Crippen molar-refractivity contribution in [3.63, 3.8) is 0 Å². The standard InChI is InChI=1S/C23H21ClN2O4S/c1-13-26-18(12-31-13)10-21(27)25-11-19-8-16-7-17(24)9-20(22(16)30-19)14-3-5-15(6-4-14)23(28)29-2/h3-7,9,12,19H,8,10-11H2,1-2H3,(H,25,27)/t19-/m1/s1. The van der Waals surface area contributed by atoms with E-state index in [4.69, 9.17) is 21.1 Å². The van der Waals surface area contributed by atoms with Gasteiger partial charge in [0.1, 0.15) is 11.9 Å². The molecule has 6 nitrogen and oxygen atoms in total. The van der Waals surface area contributed by atoms with E-state index in [0.717, 1.165) is 33.1 Å². The van der Waals surface area contributed by atoms with Crippen LogP contribution in [0.25, 0.3) is 11.1 Å². The predicted octanol–water partition coefficient (Wildman–Crippen LogP) is 4.22. The molecule has 1 N–H and O–H groups in total. The van der Waals surface area contributed by atoms with Crippen molar-refractivity contribution in [3.05, 3.63) is 68.6 Å². The highest BCUT2D eigenvalue weighted by Gasteiger charge is 2.27. The van der Waals surface area contributed by atoms with Gasteiger partial charge in [0.05, 0.1) is 36.3 Å². The van der Waals surface area contributed by atoms with Gasteiger partial charge in [-0.05, 0) is 36.8 Å². The van der Waals surface area contributed by atoms with Gasteiger partial charge in [-0.1, -0.05) is 23.7 Å². The second-order valence-electron chi connectivity index (χ2n) is 7.29. The van der Waals surface area contributed by atoms with E-state index in [2.05, 4.69) is 10.3 Å². The van der Waals surface area contributed by atoms with E-state index in [1.54, 1.807) is 12.1 Å². The summed E-state index contributed by atoms with van der Waals surface area (Å²) < 4.78 is 10.9. The number of aromatic nitrogens is 1. The van der Waals surface area contributed by atoms with Crippen LogP contribution in [0.1, 0.15) is 26.6 Å². The number of hydrogen-bond acceptors (Lipinski definition) is 6. The molecule has 0 saturated heterocycles. The summed E-state index contributed by atoms with van der Waals surface area (Å²) in [4.78, 5) is 28.3. The molecule has 0 bridgehead atoms. The molecule has 4 rings (SSSR count). The van der Waals surface area contributed by atoms with Crippen LogP contribution >= 0.6 is 22.9 Å². The Hall–Kier alpha value is -2.90. The first-order valence-corrected chi connectivity index (χ1v) is 11.0. The largest absolute Gasteiger partial charge is 0.487 e. The molecule has 31 heavy (non-hydrogen) atoms. The summed E-state index contributed by atoms with van der Waals surface area (Å²) in [6.07, 6.45) is 0.732. The molecule has 0 aliphatic carbocycles. The first kappa shape index (κ1) is 21.3. The number of amides is 1. The molecule has 2 aromatic carbocycles. The first-order chi connectivity index (χ1) is 14.9. The number of aryl methyl sites for hydroxylation is 1. The molecule has 0 radical (unpaired) electrons. The van der Waals surface area contributed by atoms with E-state index >= 15 is 0 Å². The highest BCUT2D eigenvalue weighted by molar-refractivity contribution is 7.09. The van der Waals surface area contributed by atoms with Gasteiger partial charge >= 0.3 is 5.97 Å². The van der Waals surface area contributed by atoms with E-state index in [9.17, 15) is 9.59 Å². The van der Waals surface area contributed by atoms with Gasteiger partial charge in [-0.25, -0.2) is 9.78 Å². The maximum absolute atomic E-state index is 12.2. The molecule has 0 saturated carbocycles. The number of carbonyl (C=O) groups excluding carboxylic acids is 2. The lowest BCUT2D eigenvalue weighted by Crippen LogP contribution is -2.35. The topological polar surface area (TPSA) is 77.5 Å². The average Bonchev–Trinajstić information content (AvgIpc) is 3.36. The Morgan fingerprint density at radius 2 is 2.06 bits per heavy atom. The fraction of sp³-hybridized carbons (Fsp3) is 0.261. The quantitative estimate of drug-likeness (QED) is 0.562. The van der Waals surface area contributed by atoms with Gasteiger partial charge in [-0.3, -0.25) is 4.79 Å². The molecule has 2 heterocycles. The maximum atomic E-state index is 12.2. The number of fused-ring (bicyclic) bond motifs is 1. The number of ether oxygens (including phenoxy) is 2. The van der Waals surface area contributed by atoms with Crippen LogP contribution in [0.3, 0.4) is 0 Å². The molecular formula is C23H21ClN2O4S. The number of carbonyl (C=O) groups is 2. The number of nitrogens with one attached hydrogen (secondary N) is 1. The monoisotopic (exact) mass is 456 g/mol. The van der Waals surface area contributed by atoms with Crippen molar-refractivity contribution in [2.75, 3.05) is 13.7 Å². The molecule has 0 unspecified atom stereocenters. The molecular weight excluding hydrogens is 436 g/mol. The maximum Gasteiger partial charge on any atom is 0.337 e. The lowest BCUT2D eigenvalue weighted by atomic mass is 9.99. The SMILES string of the molecule is COC(=O)c1ccc(-c2cc(Cl)cc3c2O[C@@H](CNC(=O)Cc2csc(C)n2)C3)cc1. The second-order valence-corrected chi connectivity index (χ2v) is 8.79. The van der Waals surface area contributed by atoms with Crippen LogP contribution in [-0.2, 0) is 22.4 Å². The third-order valence-corrected chi connectivity index (χ3v) is 6.06. The third kappa shape index (κ3) is 4.89. The van der Waals surface area contributed by atoms with Crippen LogP contribution in [0.5, 0.6) is 5.75 Å². The van der Waals surface area contributed by atoms with E-state index < -0.39 is 0 Å². The number of thiazole rings is 1. The summed E-state index contributed by atoms with van der Waals surface area (Å²) in [5.74, 6) is 0.286. The van der Waals surface area contributed by atoms with Crippen molar-refractivity contribution >= 4 is 34.8 Å². The molecule has 0 fully saturated rings. The second kappa shape index (κ2) is 9.08. The van der Waals surface area contributed by atoms with Crippen LogP contribution in [-0.4, -0.2) is 36.6 Å². The molecule has 160 valence electrons. The van der Waals surface area contributed by atoms with Crippen molar-refractivity contribution in [1.29, 1.82) is 0 Å². The Bertz CT molecular complexity index is 1130. The molecule has 1 atom stereocenters. The van der Waals surface area contributed by atoms with Crippen molar-refractivity contribution in [3.8, 4) is 16.9 Å². The number of rotatable bonds is 6. The highest BCUT2D eigenvalue weighted by atomic mass is 35.5. The zero-order valence-corrected chi connectivity index (χ0v) is 18.7. The van der Waals surface area contributed by atoms with Crippen molar-refractivity contribution in [2.24, 2.45) is 0 Å². The minimum atomic E-state index is -0.386. The number of benzene rings is 2. The Labute approximate surface area is 189 Å². The number of hydrogen-bond donors (Lipinski definition) is 1. The highest BCUT2D eigenvalue weighted by Crippen LogP contribution is 2.41. The Kier molecular flexibility index (Phi) is 6.25. The van der Waals surface area contributed by atoms with Crippen molar-refractivity contribution in [2.45, 2.75) is 25.9 Å². The molecule has 1 aromatic heterocycles. The zero-order chi connectivity index (χ0) is 22.0. The summed E-state index contributed by atoms with van der Waals surface area (Å²) in [5.41, 5.74) is 3.98. The minimum absolute atomic E-state index is 0.0819. The predicted molar refractivity (Wildman–Crippen MR) is 120 cm³/mol. The van der Waals surface area contributed by atoms with E-state index in [-0.39, 0.29) is 24.4 Å². The lowest BCUT2D eigenvalue weighted by Gasteiger charge is -2.14. The molecule has 1 aliphatic rings. The van der Waals surface area contributed by atoms with Crippen molar-refractivity contribution in [1.82, 2.24) is 10.3 Å². The lowest BCUT2D eigenvalue weighted by molar-refractivity contribution is -0.120. The minimum Gasteiger partial charge on any atom is -0.487 e. The van der Waals surface area contributed by atoms with Crippen LogP contribution < -0.4 is 10.1 Å². The number of methoxy groups -OCH3 is 1. The fourth-order valence-electron chi connectivity index (χ4n) is 3.57. The number of halogens is 1. The molecule has 1 aliphatic heterocycles. The van der Waals surface area contributed by atoms with Gasteiger partial charge in [0, 0.05) is 28.0 Å². The summed E-state index contributed by atoms with van der Waals surface area (Å²) in [6, 6.07) is 10.8. The van der Waals surface area contributed by atoms with Crippen molar-refractivity contribution < 1.29 is 19.1 Å². The van der Waals surface area contributed by atoms with Crippen LogP contribution in [0, 0.1) is 6.92 Å². The molecule has 8 heteroatoms. The first-order valence-electron chi connectivity index (χ1n) is 9.78. The third-order valence-electron chi connectivity index (χ3n) is 5.01. The summed E-state index contributed by atoms with van der Waals surface area (Å²) in [6.45, 7) is 2.32. The van der Waals surface area contributed by atoms with E-state index in [1.807, 2.05) is 36.6 Å². The molecule has 1 amide bonds. The molecule has 3 aromatic rings. The normalized spacial score (nSPS) is 14.6. The van der Waals surface area contributed by atoms with Gasteiger partial charge in [0.25, 0.3) is 0 Å². The Morgan fingerprint density at radius 1 is 1.29 bits per heavy atom.